The van der Waals surface area contributed by atoms with Gasteiger partial charge in [-0.15, -0.1) is 0 Å². The fourth-order valence-electron chi connectivity index (χ4n) is 2.82. The number of benzene rings is 2. The summed E-state index contributed by atoms with van der Waals surface area (Å²) in [4.78, 5) is 8.60. The van der Waals surface area contributed by atoms with Gasteiger partial charge in [0.1, 0.15) is 22.9 Å². The number of fused-ring (bicyclic) bond motifs is 1. The molecule has 3 N–H and O–H groups in total. The minimum absolute atomic E-state index is 0.101. The van der Waals surface area contributed by atoms with Gasteiger partial charge in [-0.05, 0) is 30.3 Å². The molecular formula is C19H17FN6O3S. The molecule has 0 atom stereocenters. The minimum Gasteiger partial charge on any atom is -0.497 e. The van der Waals surface area contributed by atoms with Gasteiger partial charge in [0.2, 0.25) is 5.95 Å². The third-order valence-corrected chi connectivity index (χ3v) is 5.34. The number of aromatic amines is 1. The number of hydrogen-bond donors (Lipinski definition) is 3. The average Bonchev–Trinajstić information content (AvgIpc) is 3.11. The van der Waals surface area contributed by atoms with Crippen LogP contribution >= 0.6 is 0 Å². The van der Waals surface area contributed by atoms with E-state index < -0.39 is 15.7 Å². The van der Waals surface area contributed by atoms with Crippen molar-refractivity contribution in [3.63, 3.8) is 0 Å². The first-order chi connectivity index (χ1) is 14.3. The largest absolute Gasteiger partial charge is 0.497 e. The molecule has 2 aromatic heterocycles. The second-order valence-electron chi connectivity index (χ2n) is 6.42. The Morgan fingerprint density at radius 3 is 2.73 bits per heavy atom. The molecule has 11 heteroatoms. The molecule has 4 rings (SSSR count). The Hall–Kier alpha value is -3.73. The van der Waals surface area contributed by atoms with Gasteiger partial charge in [-0.3, -0.25) is 5.10 Å². The summed E-state index contributed by atoms with van der Waals surface area (Å²) in [6.45, 7) is 0. The van der Waals surface area contributed by atoms with E-state index >= 15 is 0 Å². The Morgan fingerprint density at radius 1 is 1.13 bits per heavy atom. The van der Waals surface area contributed by atoms with Crippen LogP contribution in [0.25, 0.3) is 10.9 Å². The summed E-state index contributed by atoms with van der Waals surface area (Å²) in [6, 6.07) is 10.8. The number of halogens is 1. The number of rotatable bonds is 6. The molecule has 0 fully saturated rings. The van der Waals surface area contributed by atoms with Crippen LogP contribution in [0.5, 0.6) is 5.75 Å². The predicted molar refractivity (Wildman–Crippen MR) is 111 cm³/mol. The van der Waals surface area contributed by atoms with E-state index in [1.54, 1.807) is 24.3 Å². The van der Waals surface area contributed by atoms with Gasteiger partial charge >= 0.3 is 0 Å². The van der Waals surface area contributed by atoms with Crippen molar-refractivity contribution < 1.29 is 17.5 Å². The van der Waals surface area contributed by atoms with Gasteiger partial charge in [0.05, 0.1) is 12.0 Å². The fourth-order valence-corrected chi connectivity index (χ4v) is 3.49. The smallest absolute Gasteiger partial charge is 0.229 e. The van der Waals surface area contributed by atoms with Gasteiger partial charge < -0.3 is 15.4 Å². The van der Waals surface area contributed by atoms with Crippen LogP contribution < -0.4 is 15.4 Å². The molecule has 0 saturated carbocycles. The second-order valence-corrected chi connectivity index (χ2v) is 8.44. The first kappa shape index (κ1) is 19.6. The number of anilines is 4. The van der Waals surface area contributed by atoms with Crippen molar-refractivity contribution in [1.29, 1.82) is 0 Å². The number of nitrogens with one attached hydrogen (secondary N) is 3. The van der Waals surface area contributed by atoms with Crippen LogP contribution in [0.15, 0.2) is 53.6 Å². The molecule has 0 amide bonds. The molecule has 4 aromatic rings. The van der Waals surface area contributed by atoms with Crippen LogP contribution in [0, 0.1) is 5.82 Å². The van der Waals surface area contributed by atoms with Crippen molar-refractivity contribution in [1.82, 2.24) is 20.2 Å². The zero-order chi connectivity index (χ0) is 21.3. The van der Waals surface area contributed by atoms with Crippen molar-refractivity contribution in [2.24, 2.45) is 0 Å². The summed E-state index contributed by atoms with van der Waals surface area (Å²) in [5, 5.41) is 13.3. The lowest BCUT2D eigenvalue weighted by molar-refractivity contribution is 0.413. The monoisotopic (exact) mass is 428 g/mol. The van der Waals surface area contributed by atoms with E-state index in [9.17, 15) is 12.8 Å². The molecular weight excluding hydrogens is 411 g/mol. The van der Waals surface area contributed by atoms with Gasteiger partial charge in [0.25, 0.3) is 0 Å². The van der Waals surface area contributed by atoms with Crippen molar-refractivity contribution in [3.8, 4) is 5.75 Å². The van der Waals surface area contributed by atoms with Crippen LogP contribution in [0.3, 0.4) is 0 Å². The Morgan fingerprint density at radius 2 is 1.97 bits per heavy atom. The summed E-state index contributed by atoms with van der Waals surface area (Å²) in [5.41, 5.74) is 0.733. The van der Waals surface area contributed by atoms with Crippen LogP contribution in [-0.2, 0) is 9.84 Å². The number of sulfone groups is 1. The lowest BCUT2D eigenvalue weighted by atomic mass is 10.2. The maximum absolute atomic E-state index is 13.8. The zero-order valence-corrected chi connectivity index (χ0v) is 16.8. The molecule has 0 saturated heterocycles. The highest BCUT2D eigenvalue weighted by Gasteiger charge is 2.13. The van der Waals surface area contributed by atoms with E-state index in [4.69, 9.17) is 4.74 Å². The predicted octanol–water partition coefficient (Wildman–Crippen LogP) is 3.39. The first-order valence-electron chi connectivity index (χ1n) is 8.72. The highest BCUT2D eigenvalue weighted by Crippen LogP contribution is 2.27. The van der Waals surface area contributed by atoms with Gasteiger partial charge in [0.15, 0.2) is 15.7 Å². The number of methoxy groups -OCH3 is 1. The standard InChI is InChI=1S/C19H17FN6O3S/c1-29-12-8-11(9-13(10-12)30(2,27)28)22-19-21-7-6-16(24-19)23-18-14-4-3-5-15(20)17(14)25-26-18/h3-10H,1-2H3,(H3,21,22,23,24,25,26). The number of aromatic nitrogens is 4. The number of nitrogens with zero attached hydrogens (tertiary/aromatic N) is 3. The summed E-state index contributed by atoms with van der Waals surface area (Å²) in [7, 11) is -1.98. The van der Waals surface area contributed by atoms with Crippen LogP contribution in [0.4, 0.5) is 27.7 Å². The lowest BCUT2D eigenvalue weighted by Crippen LogP contribution is -2.03. The van der Waals surface area contributed by atoms with E-state index in [1.807, 2.05) is 0 Å². The third kappa shape index (κ3) is 4.01. The SMILES string of the molecule is COc1cc(Nc2nccc(Nc3n[nH]c4c(F)cccc34)n2)cc(S(C)(=O)=O)c1. The summed E-state index contributed by atoms with van der Waals surface area (Å²) in [6.07, 6.45) is 2.63. The molecule has 0 aliphatic rings. The molecule has 0 radical (unpaired) electrons. The highest BCUT2D eigenvalue weighted by atomic mass is 32.2. The van der Waals surface area contributed by atoms with E-state index in [2.05, 4.69) is 30.8 Å². The molecule has 9 nitrogen and oxygen atoms in total. The van der Waals surface area contributed by atoms with Crippen LogP contribution in [0.1, 0.15) is 0 Å². The topological polar surface area (TPSA) is 122 Å². The van der Waals surface area contributed by atoms with Crippen LogP contribution in [-0.4, -0.2) is 41.9 Å². The molecule has 0 unspecified atom stereocenters. The molecule has 2 aromatic carbocycles. The van der Waals surface area contributed by atoms with Gasteiger partial charge in [0, 0.05) is 29.6 Å². The quantitative estimate of drug-likeness (QED) is 0.427. The van der Waals surface area contributed by atoms with E-state index in [0.717, 1.165) is 6.26 Å². The zero-order valence-electron chi connectivity index (χ0n) is 16.0. The normalized spacial score (nSPS) is 11.4. The lowest BCUT2D eigenvalue weighted by Gasteiger charge is -2.10. The number of H-pyrrole nitrogens is 1. The Balaban J connectivity index is 1.62. The summed E-state index contributed by atoms with van der Waals surface area (Å²) < 4.78 is 42.8. The Labute approximate surface area is 171 Å². The molecule has 154 valence electrons. The number of ether oxygens (including phenoxy) is 1. The van der Waals surface area contributed by atoms with Gasteiger partial charge in [-0.25, -0.2) is 17.8 Å². The maximum atomic E-state index is 13.8. The van der Waals surface area contributed by atoms with Crippen molar-refractivity contribution >= 4 is 44.0 Å². The molecule has 0 aliphatic carbocycles. The van der Waals surface area contributed by atoms with E-state index in [-0.39, 0.29) is 16.4 Å². The summed E-state index contributed by atoms with van der Waals surface area (Å²) >= 11 is 0. The Kier molecular flexibility index (Phi) is 4.96. The molecule has 0 spiro atoms. The summed E-state index contributed by atoms with van der Waals surface area (Å²) in [5.74, 6) is 1.02. The van der Waals surface area contributed by atoms with Crippen molar-refractivity contribution in [3.05, 3.63) is 54.5 Å². The van der Waals surface area contributed by atoms with E-state index in [1.165, 1.54) is 31.5 Å². The van der Waals surface area contributed by atoms with Crippen molar-refractivity contribution in [2.75, 3.05) is 24.0 Å². The van der Waals surface area contributed by atoms with Crippen molar-refractivity contribution in [2.45, 2.75) is 4.90 Å². The number of para-hydroxylation sites is 1. The molecule has 0 bridgehead atoms. The average molecular weight is 428 g/mol. The molecule has 30 heavy (non-hydrogen) atoms. The molecule has 2 heterocycles. The third-order valence-electron chi connectivity index (χ3n) is 4.25. The minimum atomic E-state index is -3.43. The maximum Gasteiger partial charge on any atom is 0.229 e. The van der Waals surface area contributed by atoms with Crippen LogP contribution in [0.2, 0.25) is 0 Å². The second kappa shape index (κ2) is 7.59. The first-order valence-corrected chi connectivity index (χ1v) is 10.6. The van der Waals surface area contributed by atoms with E-state index in [0.29, 0.717) is 28.5 Å². The number of hydrogen-bond acceptors (Lipinski definition) is 8. The van der Waals surface area contributed by atoms with Gasteiger partial charge in [-0.1, -0.05) is 6.07 Å². The fraction of sp³-hybridized carbons (Fsp3) is 0.105. The Bertz CT molecular complexity index is 1340. The molecule has 0 aliphatic heterocycles. The highest BCUT2D eigenvalue weighted by molar-refractivity contribution is 7.90. The van der Waals surface area contributed by atoms with Gasteiger partial charge in [-0.2, -0.15) is 10.1 Å².